The van der Waals surface area contributed by atoms with Gasteiger partial charge in [-0.25, -0.2) is 4.79 Å². The normalized spacial score (nSPS) is 11.1. The first-order valence-electron chi connectivity index (χ1n) is 5.53. The van der Waals surface area contributed by atoms with E-state index >= 15 is 0 Å². The summed E-state index contributed by atoms with van der Waals surface area (Å²) in [6.45, 7) is 3.99. The molecule has 0 saturated carbocycles. The molecule has 1 rings (SSSR count). The number of hydrogen-bond donors (Lipinski definition) is 2. The standard InChI is InChI=1S/C13H18N2O2/c1-4-10(2)9-14-13(17)15(3)11-5-7-12(16)8-6-11/h5-9,16H,4H2,1-3H3,(H,14,17)/b10-9+. The highest BCUT2D eigenvalue weighted by molar-refractivity contribution is 5.92. The van der Waals surface area contributed by atoms with Gasteiger partial charge in [0.2, 0.25) is 0 Å². The van der Waals surface area contributed by atoms with E-state index < -0.39 is 0 Å². The fourth-order valence-electron chi connectivity index (χ4n) is 1.18. The zero-order chi connectivity index (χ0) is 12.8. The number of aromatic hydroxyl groups is 1. The van der Waals surface area contributed by atoms with Crippen LogP contribution in [0.2, 0.25) is 0 Å². The summed E-state index contributed by atoms with van der Waals surface area (Å²) in [5.74, 6) is 0.185. The number of benzene rings is 1. The highest BCUT2D eigenvalue weighted by Crippen LogP contribution is 2.17. The molecule has 0 aliphatic rings. The summed E-state index contributed by atoms with van der Waals surface area (Å²) >= 11 is 0. The van der Waals surface area contributed by atoms with Crippen molar-refractivity contribution in [2.45, 2.75) is 20.3 Å². The number of allylic oxidation sites excluding steroid dienone is 1. The Hall–Kier alpha value is -1.97. The molecule has 4 nitrogen and oxygen atoms in total. The van der Waals surface area contributed by atoms with Crippen molar-refractivity contribution < 1.29 is 9.90 Å². The molecule has 0 aromatic heterocycles. The molecule has 0 unspecified atom stereocenters. The molecule has 17 heavy (non-hydrogen) atoms. The number of anilines is 1. The molecule has 2 N–H and O–H groups in total. The number of urea groups is 1. The van der Waals surface area contributed by atoms with Gasteiger partial charge in [0.15, 0.2) is 0 Å². The van der Waals surface area contributed by atoms with Gasteiger partial charge in [-0.2, -0.15) is 0 Å². The molecule has 0 spiro atoms. The molecule has 0 bridgehead atoms. The highest BCUT2D eigenvalue weighted by atomic mass is 16.3. The van der Waals surface area contributed by atoms with Crippen molar-refractivity contribution in [2.24, 2.45) is 0 Å². The molecule has 92 valence electrons. The maximum Gasteiger partial charge on any atom is 0.325 e. The lowest BCUT2D eigenvalue weighted by Crippen LogP contribution is -2.34. The smallest absolute Gasteiger partial charge is 0.325 e. The molecule has 1 aromatic carbocycles. The van der Waals surface area contributed by atoms with Gasteiger partial charge in [-0.05, 0) is 37.6 Å². The molecule has 0 heterocycles. The van der Waals surface area contributed by atoms with Crippen LogP contribution >= 0.6 is 0 Å². The van der Waals surface area contributed by atoms with Crippen LogP contribution in [0, 0.1) is 0 Å². The van der Waals surface area contributed by atoms with Crippen molar-refractivity contribution in [3.8, 4) is 5.75 Å². The molecule has 1 aromatic rings. The van der Waals surface area contributed by atoms with Crippen LogP contribution in [-0.2, 0) is 0 Å². The average Bonchev–Trinajstić information content (AvgIpc) is 2.35. The Labute approximate surface area is 102 Å². The summed E-state index contributed by atoms with van der Waals surface area (Å²) in [5, 5.41) is 11.9. The minimum absolute atomic E-state index is 0.185. The summed E-state index contributed by atoms with van der Waals surface area (Å²) in [4.78, 5) is 13.2. The quantitative estimate of drug-likeness (QED) is 0.845. The van der Waals surface area contributed by atoms with Crippen molar-refractivity contribution in [3.05, 3.63) is 36.0 Å². The SMILES string of the molecule is CC/C(C)=C/NC(=O)N(C)c1ccc(O)cc1. The van der Waals surface area contributed by atoms with Gasteiger partial charge in [0.1, 0.15) is 5.75 Å². The van der Waals surface area contributed by atoms with Gasteiger partial charge in [-0.3, -0.25) is 4.90 Å². The van der Waals surface area contributed by atoms with E-state index in [1.807, 2.05) is 13.8 Å². The number of phenolic OH excluding ortho intramolecular Hbond substituents is 1. The summed E-state index contributed by atoms with van der Waals surface area (Å²) in [6.07, 6.45) is 2.61. The molecule has 0 saturated heterocycles. The van der Waals surface area contributed by atoms with Crippen molar-refractivity contribution in [1.82, 2.24) is 5.32 Å². The van der Waals surface area contributed by atoms with Crippen LogP contribution < -0.4 is 10.2 Å². The molecule has 0 fully saturated rings. The zero-order valence-corrected chi connectivity index (χ0v) is 10.4. The van der Waals surface area contributed by atoms with Crippen molar-refractivity contribution >= 4 is 11.7 Å². The number of hydrogen-bond acceptors (Lipinski definition) is 2. The number of carbonyl (C=O) groups excluding carboxylic acids is 1. The Morgan fingerprint density at radius 1 is 1.41 bits per heavy atom. The Morgan fingerprint density at radius 2 is 2.00 bits per heavy atom. The topological polar surface area (TPSA) is 52.6 Å². The lowest BCUT2D eigenvalue weighted by atomic mass is 10.2. The molecule has 0 radical (unpaired) electrons. The van der Waals surface area contributed by atoms with E-state index in [1.54, 1.807) is 37.5 Å². The van der Waals surface area contributed by atoms with Crippen LogP contribution in [0.3, 0.4) is 0 Å². The minimum Gasteiger partial charge on any atom is -0.508 e. The average molecular weight is 234 g/mol. The number of carbonyl (C=O) groups is 1. The molecule has 2 amide bonds. The largest absolute Gasteiger partial charge is 0.508 e. The first-order valence-corrected chi connectivity index (χ1v) is 5.53. The van der Waals surface area contributed by atoms with Crippen LogP contribution in [0.25, 0.3) is 0 Å². The first-order chi connectivity index (χ1) is 8.04. The maximum absolute atomic E-state index is 11.8. The number of nitrogens with one attached hydrogen (secondary N) is 1. The Morgan fingerprint density at radius 3 is 2.53 bits per heavy atom. The van der Waals surface area contributed by atoms with Gasteiger partial charge >= 0.3 is 6.03 Å². The summed E-state index contributed by atoms with van der Waals surface area (Å²) < 4.78 is 0. The lowest BCUT2D eigenvalue weighted by Gasteiger charge is -2.17. The number of rotatable bonds is 3. The number of amides is 2. The zero-order valence-electron chi connectivity index (χ0n) is 10.4. The third kappa shape index (κ3) is 3.83. The van der Waals surface area contributed by atoms with Crippen molar-refractivity contribution in [1.29, 1.82) is 0 Å². The predicted molar refractivity (Wildman–Crippen MR) is 69.1 cm³/mol. The van der Waals surface area contributed by atoms with Gasteiger partial charge in [-0.15, -0.1) is 0 Å². The summed E-state index contributed by atoms with van der Waals surface area (Å²) in [6, 6.07) is 6.26. The van der Waals surface area contributed by atoms with E-state index in [4.69, 9.17) is 5.11 Å². The second-order valence-corrected chi connectivity index (χ2v) is 3.87. The molecular formula is C13H18N2O2. The third-order valence-electron chi connectivity index (χ3n) is 2.54. The number of nitrogens with zero attached hydrogens (tertiary/aromatic N) is 1. The second-order valence-electron chi connectivity index (χ2n) is 3.87. The fraction of sp³-hybridized carbons (Fsp3) is 0.308. The Kier molecular flexibility index (Phi) is 4.57. The maximum atomic E-state index is 11.8. The van der Waals surface area contributed by atoms with Gasteiger partial charge in [0.25, 0.3) is 0 Å². The van der Waals surface area contributed by atoms with E-state index in [0.29, 0.717) is 0 Å². The summed E-state index contributed by atoms with van der Waals surface area (Å²) in [5.41, 5.74) is 1.83. The predicted octanol–water partition coefficient (Wildman–Crippen LogP) is 2.85. The Balaban J connectivity index is 2.67. The van der Waals surface area contributed by atoms with Gasteiger partial charge in [-0.1, -0.05) is 12.5 Å². The Bertz CT molecular complexity index is 410. The van der Waals surface area contributed by atoms with E-state index in [0.717, 1.165) is 17.7 Å². The lowest BCUT2D eigenvalue weighted by molar-refractivity contribution is 0.250. The van der Waals surface area contributed by atoms with E-state index in [-0.39, 0.29) is 11.8 Å². The third-order valence-corrected chi connectivity index (χ3v) is 2.54. The first kappa shape index (κ1) is 13.1. The summed E-state index contributed by atoms with van der Waals surface area (Å²) in [7, 11) is 1.68. The van der Waals surface area contributed by atoms with Crippen LogP contribution in [0.15, 0.2) is 36.0 Å². The second kappa shape index (κ2) is 5.94. The van der Waals surface area contributed by atoms with Gasteiger partial charge in [0.05, 0.1) is 0 Å². The fourth-order valence-corrected chi connectivity index (χ4v) is 1.18. The number of phenols is 1. The van der Waals surface area contributed by atoms with Crippen molar-refractivity contribution in [3.63, 3.8) is 0 Å². The molecule has 0 aliphatic heterocycles. The molecule has 0 atom stereocenters. The van der Waals surface area contributed by atoms with Gasteiger partial charge in [0, 0.05) is 18.9 Å². The molecule has 4 heteroatoms. The van der Waals surface area contributed by atoms with E-state index in [1.165, 1.54) is 4.90 Å². The van der Waals surface area contributed by atoms with Crippen LogP contribution in [0.1, 0.15) is 20.3 Å². The van der Waals surface area contributed by atoms with Crippen molar-refractivity contribution in [2.75, 3.05) is 11.9 Å². The minimum atomic E-state index is -0.205. The van der Waals surface area contributed by atoms with Crippen LogP contribution in [0.4, 0.5) is 10.5 Å². The molecule has 0 aliphatic carbocycles. The van der Waals surface area contributed by atoms with Crippen LogP contribution in [-0.4, -0.2) is 18.2 Å². The van der Waals surface area contributed by atoms with E-state index in [9.17, 15) is 4.79 Å². The van der Waals surface area contributed by atoms with E-state index in [2.05, 4.69) is 5.32 Å². The monoisotopic (exact) mass is 234 g/mol. The highest BCUT2D eigenvalue weighted by Gasteiger charge is 2.08. The van der Waals surface area contributed by atoms with Crippen LogP contribution in [0.5, 0.6) is 5.75 Å². The molecular weight excluding hydrogens is 216 g/mol. The van der Waals surface area contributed by atoms with Gasteiger partial charge < -0.3 is 10.4 Å².